The standard InChI is InChI=1S/C10H11IO3/c1-2-3-7-4-5-8(10(12)13)9(6-7)11-14/h4-6H,2-3H2,1H3,(H,12,13). The molecule has 14 heavy (non-hydrogen) atoms. The van der Waals surface area contributed by atoms with Gasteiger partial charge in [0.1, 0.15) is 0 Å². The van der Waals surface area contributed by atoms with Gasteiger partial charge in [-0.3, -0.25) is 3.07 Å². The molecule has 0 aliphatic rings. The molecule has 0 atom stereocenters. The van der Waals surface area contributed by atoms with Crippen LogP contribution in [0.25, 0.3) is 0 Å². The SMILES string of the molecule is CCCc1ccc(C(=O)O)c(I=O)c1. The van der Waals surface area contributed by atoms with E-state index in [4.69, 9.17) is 5.11 Å². The Labute approximate surface area is 92.8 Å². The van der Waals surface area contributed by atoms with Gasteiger partial charge in [-0.2, -0.15) is 0 Å². The van der Waals surface area contributed by atoms with E-state index in [0.717, 1.165) is 18.4 Å². The summed E-state index contributed by atoms with van der Waals surface area (Å²) in [5.74, 6) is -1.00. The van der Waals surface area contributed by atoms with Crippen LogP contribution in [0.4, 0.5) is 0 Å². The third-order valence-corrected chi connectivity index (χ3v) is 3.25. The molecule has 0 amide bonds. The minimum absolute atomic E-state index is 0.174. The lowest BCUT2D eigenvalue weighted by atomic mass is 10.1. The number of carboxylic acid groups (broad SMARTS) is 1. The number of aromatic carboxylic acids is 1. The first-order valence-corrected chi connectivity index (χ1v) is 6.28. The summed E-state index contributed by atoms with van der Waals surface area (Å²) in [4.78, 5) is 10.7. The number of benzene rings is 1. The Morgan fingerprint density at radius 3 is 2.71 bits per heavy atom. The number of carbonyl (C=O) groups is 1. The van der Waals surface area contributed by atoms with E-state index in [2.05, 4.69) is 6.92 Å². The summed E-state index contributed by atoms with van der Waals surface area (Å²) >= 11 is -1.40. The zero-order valence-electron chi connectivity index (χ0n) is 7.79. The summed E-state index contributed by atoms with van der Waals surface area (Å²) in [6, 6.07) is 5.07. The zero-order chi connectivity index (χ0) is 10.6. The molecule has 0 aliphatic heterocycles. The van der Waals surface area contributed by atoms with Crippen LogP contribution in [0, 0.1) is 3.57 Å². The van der Waals surface area contributed by atoms with Crippen LogP contribution >= 0.6 is 21.2 Å². The fourth-order valence-corrected chi connectivity index (χ4v) is 2.41. The van der Waals surface area contributed by atoms with Crippen LogP contribution in [-0.2, 0) is 9.49 Å². The molecule has 1 aromatic carbocycles. The van der Waals surface area contributed by atoms with Crippen LogP contribution in [0.2, 0.25) is 0 Å². The molecule has 3 nitrogen and oxygen atoms in total. The molecule has 0 bridgehead atoms. The van der Waals surface area contributed by atoms with Gasteiger partial charge in [0.25, 0.3) is 0 Å². The van der Waals surface area contributed by atoms with Gasteiger partial charge in [-0.05, 0) is 24.1 Å². The molecular weight excluding hydrogens is 295 g/mol. The minimum Gasteiger partial charge on any atom is -0.478 e. The van der Waals surface area contributed by atoms with Crippen molar-refractivity contribution in [1.82, 2.24) is 0 Å². The summed E-state index contributed by atoms with van der Waals surface area (Å²) in [5.41, 5.74) is 1.23. The average Bonchev–Trinajstić information content (AvgIpc) is 2.17. The van der Waals surface area contributed by atoms with Crippen molar-refractivity contribution in [2.24, 2.45) is 0 Å². The van der Waals surface area contributed by atoms with Crippen LogP contribution in [0.15, 0.2) is 18.2 Å². The number of hydrogen-bond acceptors (Lipinski definition) is 2. The van der Waals surface area contributed by atoms with Gasteiger partial charge in [0.05, 0.1) is 9.13 Å². The van der Waals surface area contributed by atoms with E-state index in [0.29, 0.717) is 3.57 Å². The first-order chi connectivity index (χ1) is 6.69. The number of halogens is 1. The smallest absolute Gasteiger partial charge is 0.336 e. The highest BCUT2D eigenvalue weighted by molar-refractivity contribution is 14.1. The quantitative estimate of drug-likeness (QED) is 0.870. The topological polar surface area (TPSA) is 54.4 Å². The van der Waals surface area contributed by atoms with Crippen LogP contribution < -0.4 is 0 Å². The molecule has 0 saturated heterocycles. The predicted octanol–water partition coefficient (Wildman–Crippen LogP) is 2.82. The van der Waals surface area contributed by atoms with Crippen molar-refractivity contribution >= 4 is 27.2 Å². The summed E-state index contributed by atoms with van der Waals surface area (Å²) in [6.45, 7) is 2.05. The molecule has 0 spiro atoms. The highest BCUT2D eigenvalue weighted by atomic mass is 127. The Kier molecular flexibility index (Phi) is 4.19. The lowest BCUT2D eigenvalue weighted by Gasteiger charge is -2.02. The maximum Gasteiger partial charge on any atom is 0.336 e. The van der Waals surface area contributed by atoms with E-state index < -0.39 is 27.2 Å². The summed E-state index contributed by atoms with van der Waals surface area (Å²) in [6.07, 6.45) is 1.90. The van der Waals surface area contributed by atoms with E-state index in [1.165, 1.54) is 0 Å². The van der Waals surface area contributed by atoms with E-state index in [1.54, 1.807) is 18.2 Å². The molecule has 0 fully saturated rings. The van der Waals surface area contributed by atoms with Gasteiger partial charge < -0.3 is 5.11 Å². The third-order valence-electron chi connectivity index (χ3n) is 1.89. The number of carboxylic acids is 1. The molecule has 0 radical (unpaired) electrons. The average molecular weight is 306 g/mol. The van der Waals surface area contributed by atoms with Crippen molar-refractivity contribution in [3.8, 4) is 0 Å². The van der Waals surface area contributed by atoms with E-state index in [9.17, 15) is 7.86 Å². The monoisotopic (exact) mass is 306 g/mol. The van der Waals surface area contributed by atoms with Crippen molar-refractivity contribution in [3.05, 3.63) is 32.9 Å². The summed E-state index contributed by atoms with van der Waals surface area (Å²) in [5, 5.41) is 8.80. The molecule has 0 saturated carbocycles. The lowest BCUT2D eigenvalue weighted by Crippen LogP contribution is -2.00. The van der Waals surface area contributed by atoms with Gasteiger partial charge in [0.15, 0.2) is 21.2 Å². The maximum absolute atomic E-state index is 10.9. The molecule has 4 heteroatoms. The lowest BCUT2D eigenvalue weighted by molar-refractivity contribution is 0.0695. The van der Waals surface area contributed by atoms with Crippen molar-refractivity contribution < 1.29 is 13.0 Å². The summed E-state index contributed by atoms with van der Waals surface area (Å²) in [7, 11) is 0. The molecule has 1 rings (SSSR count). The van der Waals surface area contributed by atoms with E-state index in [1.807, 2.05) is 0 Å². The fourth-order valence-electron chi connectivity index (χ4n) is 1.24. The highest BCUT2D eigenvalue weighted by Crippen LogP contribution is 2.18. The van der Waals surface area contributed by atoms with Crippen LogP contribution in [0.1, 0.15) is 29.3 Å². The molecule has 1 N–H and O–H groups in total. The van der Waals surface area contributed by atoms with Gasteiger partial charge in [0.2, 0.25) is 0 Å². The Bertz CT molecular complexity index is 360. The number of rotatable bonds is 4. The Morgan fingerprint density at radius 1 is 1.50 bits per heavy atom. The van der Waals surface area contributed by atoms with E-state index >= 15 is 0 Å². The molecule has 76 valence electrons. The van der Waals surface area contributed by atoms with Crippen molar-refractivity contribution in [2.45, 2.75) is 19.8 Å². The van der Waals surface area contributed by atoms with Crippen molar-refractivity contribution in [2.75, 3.05) is 0 Å². The Balaban J connectivity index is 3.11. The van der Waals surface area contributed by atoms with Crippen molar-refractivity contribution in [1.29, 1.82) is 0 Å². The van der Waals surface area contributed by atoms with Crippen molar-refractivity contribution in [3.63, 3.8) is 0 Å². The highest BCUT2D eigenvalue weighted by Gasteiger charge is 2.10. The molecule has 0 aliphatic carbocycles. The first kappa shape index (κ1) is 11.3. The second-order valence-corrected chi connectivity index (χ2v) is 4.55. The number of aryl methyl sites for hydroxylation is 1. The molecular formula is C10H11IO3. The number of hydrogen-bond donors (Lipinski definition) is 1. The normalized spacial score (nSPS) is 10.1. The van der Waals surface area contributed by atoms with Gasteiger partial charge in [0, 0.05) is 0 Å². The molecule has 1 aromatic rings. The molecule has 0 heterocycles. The van der Waals surface area contributed by atoms with Gasteiger partial charge in [-0.1, -0.05) is 19.4 Å². The Morgan fingerprint density at radius 2 is 2.21 bits per heavy atom. The largest absolute Gasteiger partial charge is 0.478 e. The zero-order valence-corrected chi connectivity index (χ0v) is 9.95. The van der Waals surface area contributed by atoms with Gasteiger partial charge >= 0.3 is 5.97 Å². The van der Waals surface area contributed by atoms with Gasteiger partial charge in [-0.15, -0.1) is 0 Å². The Hall–Kier alpha value is -0.780. The molecule has 0 aromatic heterocycles. The first-order valence-electron chi connectivity index (χ1n) is 4.32. The third kappa shape index (κ3) is 2.60. The van der Waals surface area contributed by atoms with Crippen LogP contribution in [-0.4, -0.2) is 11.1 Å². The van der Waals surface area contributed by atoms with E-state index in [-0.39, 0.29) is 5.56 Å². The summed E-state index contributed by atoms with van der Waals surface area (Å²) < 4.78 is 11.3. The second kappa shape index (κ2) is 5.19. The second-order valence-electron chi connectivity index (χ2n) is 2.95. The predicted molar refractivity (Wildman–Crippen MR) is 60.8 cm³/mol. The van der Waals surface area contributed by atoms with Crippen LogP contribution in [0.5, 0.6) is 0 Å². The fraction of sp³-hybridized carbons (Fsp3) is 0.300. The molecule has 0 unspecified atom stereocenters. The van der Waals surface area contributed by atoms with Crippen LogP contribution in [0.3, 0.4) is 0 Å². The van der Waals surface area contributed by atoms with Gasteiger partial charge in [-0.25, -0.2) is 4.79 Å². The maximum atomic E-state index is 10.9. The minimum atomic E-state index is -1.40.